The van der Waals surface area contributed by atoms with E-state index in [0.29, 0.717) is 22.8 Å². The van der Waals surface area contributed by atoms with Crippen LogP contribution in [0.4, 0.5) is 13.2 Å². The van der Waals surface area contributed by atoms with Crippen LogP contribution in [0.3, 0.4) is 0 Å². The van der Waals surface area contributed by atoms with Crippen molar-refractivity contribution < 1.29 is 32.5 Å². The Morgan fingerprint density at radius 2 is 2.05 bits per heavy atom. The Kier molecular flexibility index (Phi) is 7.86. The fourth-order valence-corrected chi connectivity index (χ4v) is 4.30. The molecule has 4 rings (SSSR count). The molecule has 0 fully saturated rings. The van der Waals surface area contributed by atoms with E-state index >= 15 is 0 Å². The van der Waals surface area contributed by atoms with Gasteiger partial charge in [0.05, 0.1) is 5.02 Å². The molecule has 0 radical (unpaired) electrons. The van der Waals surface area contributed by atoms with Crippen molar-refractivity contribution in [1.82, 2.24) is 25.1 Å². The number of carbonyl (C=O) groups excluding carboxylic acids is 1. The largest absolute Gasteiger partial charge is 0.487 e. The van der Waals surface area contributed by atoms with Crippen LogP contribution in [0.1, 0.15) is 23.7 Å². The second-order valence-corrected chi connectivity index (χ2v) is 8.97. The SMILES string of the molecule is Cc1cc(-c2ncnn2C)c2cccc(OCc3c(Cl)cc(F)cc3[C@@](C)(O)NC(=O)COC(F)F)c2n1. The van der Waals surface area contributed by atoms with Gasteiger partial charge in [0.1, 0.15) is 36.6 Å². The number of ether oxygens (including phenoxy) is 2. The van der Waals surface area contributed by atoms with Crippen molar-refractivity contribution in [3.63, 3.8) is 0 Å². The summed E-state index contributed by atoms with van der Waals surface area (Å²) in [5, 5.41) is 17.9. The van der Waals surface area contributed by atoms with Gasteiger partial charge in [-0.05, 0) is 38.1 Å². The number of aliphatic hydroxyl groups is 1. The van der Waals surface area contributed by atoms with Crippen molar-refractivity contribution in [3.8, 4) is 17.1 Å². The highest BCUT2D eigenvalue weighted by Crippen LogP contribution is 2.34. The summed E-state index contributed by atoms with van der Waals surface area (Å²) in [5.74, 6) is -0.838. The first-order chi connectivity index (χ1) is 18.0. The minimum Gasteiger partial charge on any atom is -0.487 e. The topological polar surface area (TPSA) is 111 Å². The summed E-state index contributed by atoms with van der Waals surface area (Å²) in [6.07, 6.45) is 1.44. The molecule has 0 bridgehead atoms. The van der Waals surface area contributed by atoms with Crippen molar-refractivity contribution in [3.05, 3.63) is 70.4 Å². The summed E-state index contributed by atoms with van der Waals surface area (Å²) < 4.78 is 50.5. The second kappa shape index (κ2) is 10.9. The molecule has 2 N–H and O–H groups in total. The standard InChI is InChI=1S/C25H23ClF3N5O4/c1-13-7-16(23-30-12-31-34(23)3)15-5-4-6-20(22(15)32-13)37-10-17-18(8-14(27)9-19(17)26)25(2,36)33-21(35)11-38-24(28)29/h4-9,12,24,36H,10-11H2,1-3H3,(H,33,35)/t25-/m1/s1. The number of alkyl halides is 2. The number of carbonyl (C=O) groups is 1. The Morgan fingerprint density at radius 1 is 1.29 bits per heavy atom. The minimum absolute atomic E-state index is 0.0810. The van der Waals surface area contributed by atoms with Crippen molar-refractivity contribution in [2.45, 2.75) is 32.8 Å². The predicted molar refractivity (Wildman–Crippen MR) is 132 cm³/mol. The van der Waals surface area contributed by atoms with Crippen molar-refractivity contribution in [1.29, 1.82) is 0 Å². The summed E-state index contributed by atoms with van der Waals surface area (Å²) in [7, 11) is 1.77. The van der Waals surface area contributed by atoms with Crippen LogP contribution in [0.15, 0.2) is 42.7 Å². The highest BCUT2D eigenvalue weighted by atomic mass is 35.5. The second-order valence-electron chi connectivity index (χ2n) is 8.57. The number of benzene rings is 2. The maximum Gasteiger partial charge on any atom is 0.345 e. The molecule has 0 unspecified atom stereocenters. The number of aromatic nitrogens is 4. The highest BCUT2D eigenvalue weighted by molar-refractivity contribution is 6.31. The number of nitrogens with zero attached hydrogens (tertiary/aromatic N) is 4. The molecule has 2 heterocycles. The molecule has 2 aromatic carbocycles. The van der Waals surface area contributed by atoms with E-state index < -0.39 is 30.7 Å². The molecule has 0 aliphatic carbocycles. The van der Waals surface area contributed by atoms with E-state index in [1.54, 1.807) is 23.9 Å². The van der Waals surface area contributed by atoms with Crippen molar-refractivity contribution in [2.24, 2.45) is 7.05 Å². The van der Waals surface area contributed by atoms with E-state index in [4.69, 9.17) is 16.3 Å². The van der Waals surface area contributed by atoms with Crippen LogP contribution < -0.4 is 10.1 Å². The van der Waals surface area contributed by atoms with Crippen LogP contribution in [0, 0.1) is 12.7 Å². The molecule has 0 saturated heterocycles. The lowest BCUT2D eigenvalue weighted by molar-refractivity contribution is -0.156. The van der Waals surface area contributed by atoms with E-state index in [2.05, 4.69) is 25.1 Å². The minimum atomic E-state index is -3.18. The van der Waals surface area contributed by atoms with Gasteiger partial charge < -0.3 is 19.9 Å². The number of para-hydroxylation sites is 1. The third-order valence-corrected chi connectivity index (χ3v) is 6.00. The van der Waals surface area contributed by atoms with Gasteiger partial charge >= 0.3 is 6.61 Å². The van der Waals surface area contributed by atoms with Crippen LogP contribution >= 0.6 is 11.6 Å². The van der Waals surface area contributed by atoms with E-state index in [1.165, 1.54) is 6.33 Å². The number of amides is 1. The first kappa shape index (κ1) is 27.3. The molecule has 1 amide bonds. The average Bonchev–Trinajstić information content (AvgIpc) is 3.26. The fraction of sp³-hybridized carbons (Fsp3) is 0.280. The molecule has 0 spiro atoms. The maximum atomic E-state index is 14.3. The molecule has 38 heavy (non-hydrogen) atoms. The highest BCUT2D eigenvalue weighted by Gasteiger charge is 2.31. The first-order valence-corrected chi connectivity index (χ1v) is 11.6. The zero-order valence-electron chi connectivity index (χ0n) is 20.5. The third-order valence-electron chi connectivity index (χ3n) is 5.66. The summed E-state index contributed by atoms with van der Waals surface area (Å²) in [6.45, 7) is -1.47. The van der Waals surface area contributed by atoms with E-state index in [9.17, 15) is 23.1 Å². The number of hydrogen-bond donors (Lipinski definition) is 2. The fourth-order valence-electron chi connectivity index (χ4n) is 4.04. The predicted octanol–water partition coefficient (Wildman–Crippen LogP) is 4.23. The lowest BCUT2D eigenvalue weighted by Crippen LogP contribution is -2.46. The quantitative estimate of drug-likeness (QED) is 0.301. The lowest BCUT2D eigenvalue weighted by Gasteiger charge is -2.28. The molecule has 1 atom stereocenters. The van der Waals surface area contributed by atoms with Crippen LogP contribution in [0.2, 0.25) is 5.02 Å². The molecule has 9 nitrogen and oxygen atoms in total. The molecule has 2 aromatic heterocycles. The van der Waals surface area contributed by atoms with E-state index in [1.807, 2.05) is 19.1 Å². The third kappa shape index (κ3) is 5.87. The average molecular weight is 550 g/mol. The maximum absolute atomic E-state index is 14.3. The Morgan fingerprint density at radius 3 is 2.74 bits per heavy atom. The molecular formula is C25H23ClF3N5O4. The van der Waals surface area contributed by atoms with Gasteiger partial charge in [0.25, 0.3) is 0 Å². The van der Waals surface area contributed by atoms with Crippen molar-refractivity contribution >= 4 is 28.4 Å². The van der Waals surface area contributed by atoms with E-state index in [0.717, 1.165) is 30.0 Å². The number of rotatable bonds is 9. The van der Waals surface area contributed by atoms with Gasteiger partial charge in [0.15, 0.2) is 11.5 Å². The number of pyridine rings is 1. The van der Waals surface area contributed by atoms with E-state index in [-0.39, 0.29) is 22.8 Å². The van der Waals surface area contributed by atoms with Gasteiger partial charge in [-0.1, -0.05) is 23.7 Å². The van der Waals surface area contributed by atoms with Crippen LogP contribution in [-0.4, -0.2) is 44.0 Å². The van der Waals surface area contributed by atoms with Crippen LogP contribution in [0.5, 0.6) is 5.75 Å². The van der Waals surface area contributed by atoms with Gasteiger partial charge in [0.2, 0.25) is 5.91 Å². The Bertz CT molecular complexity index is 1500. The number of hydrogen-bond acceptors (Lipinski definition) is 7. The number of aryl methyl sites for hydroxylation is 2. The molecule has 4 aromatic rings. The summed E-state index contributed by atoms with van der Waals surface area (Å²) >= 11 is 6.30. The monoisotopic (exact) mass is 549 g/mol. The number of fused-ring (bicyclic) bond motifs is 1. The molecule has 0 aliphatic heterocycles. The Balaban J connectivity index is 1.68. The summed E-state index contributed by atoms with van der Waals surface area (Å²) in [6, 6.07) is 9.18. The lowest BCUT2D eigenvalue weighted by atomic mass is 9.98. The van der Waals surface area contributed by atoms with Gasteiger partial charge in [-0.2, -0.15) is 13.9 Å². The molecule has 13 heteroatoms. The van der Waals surface area contributed by atoms with Gasteiger partial charge in [-0.3, -0.25) is 4.79 Å². The normalized spacial score (nSPS) is 13.1. The Labute approximate surface area is 220 Å². The summed E-state index contributed by atoms with van der Waals surface area (Å²) in [5.41, 5.74) is -0.157. The molecule has 200 valence electrons. The first-order valence-electron chi connectivity index (χ1n) is 11.3. The number of nitrogens with one attached hydrogen (secondary N) is 1. The van der Waals surface area contributed by atoms with Gasteiger partial charge in [-0.25, -0.2) is 19.0 Å². The molecule has 0 saturated carbocycles. The van der Waals surface area contributed by atoms with Gasteiger partial charge in [-0.15, -0.1) is 0 Å². The molecule has 0 aliphatic rings. The number of halogens is 4. The van der Waals surface area contributed by atoms with Gasteiger partial charge in [0, 0.05) is 34.8 Å². The smallest absolute Gasteiger partial charge is 0.345 e. The Hall–Kier alpha value is -3.74. The van der Waals surface area contributed by atoms with Crippen molar-refractivity contribution in [2.75, 3.05) is 6.61 Å². The van der Waals surface area contributed by atoms with Crippen LogP contribution in [0.25, 0.3) is 22.3 Å². The zero-order chi connectivity index (χ0) is 27.6. The van der Waals surface area contributed by atoms with Crippen LogP contribution in [-0.2, 0) is 28.9 Å². The molecular weight excluding hydrogens is 527 g/mol. The summed E-state index contributed by atoms with van der Waals surface area (Å²) in [4.78, 5) is 21.0. The zero-order valence-corrected chi connectivity index (χ0v) is 21.3.